The van der Waals surface area contributed by atoms with E-state index in [1.807, 2.05) is 6.07 Å². The van der Waals surface area contributed by atoms with Crippen LogP contribution < -0.4 is 10.1 Å². The second-order valence-corrected chi connectivity index (χ2v) is 5.72. The molecule has 7 nitrogen and oxygen atoms in total. The van der Waals surface area contributed by atoms with Crippen molar-refractivity contribution in [3.05, 3.63) is 59.8 Å². The van der Waals surface area contributed by atoms with E-state index < -0.39 is 17.8 Å². The SMILES string of the molecule is CCOC(=O)c1cc2cccc(NC(=O)c3ccccc3OC(C)=O)c2[nH]1. The third-order valence-corrected chi connectivity index (χ3v) is 3.79. The molecule has 1 aromatic heterocycles. The lowest BCUT2D eigenvalue weighted by atomic mass is 10.1. The molecule has 0 atom stereocenters. The molecule has 2 N–H and O–H groups in total. The highest BCUT2D eigenvalue weighted by Gasteiger charge is 2.17. The van der Waals surface area contributed by atoms with Crippen molar-refractivity contribution in [2.45, 2.75) is 13.8 Å². The molecule has 1 amide bonds. The van der Waals surface area contributed by atoms with E-state index in [9.17, 15) is 14.4 Å². The number of benzene rings is 2. The highest BCUT2D eigenvalue weighted by molar-refractivity contribution is 6.10. The maximum absolute atomic E-state index is 12.7. The summed E-state index contributed by atoms with van der Waals surface area (Å²) in [5.41, 5.74) is 1.61. The first kappa shape index (κ1) is 18.2. The van der Waals surface area contributed by atoms with E-state index in [-0.39, 0.29) is 17.9 Å². The fourth-order valence-electron chi connectivity index (χ4n) is 2.67. The average Bonchev–Trinajstić information content (AvgIpc) is 3.07. The number of hydrogen-bond acceptors (Lipinski definition) is 5. The molecule has 0 saturated heterocycles. The highest BCUT2D eigenvalue weighted by atomic mass is 16.5. The average molecular weight is 366 g/mol. The van der Waals surface area contributed by atoms with Crippen LogP contribution in [0.2, 0.25) is 0 Å². The van der Waals surface area contributed by atoms with Gasteiger partial charge in [-0.15, -0.1) is 0 Å². The topological polar surface area (TPSA) is 97.5 Å². The van der Waals surface area contributed by atoms with Gasteiger partial charge in [-0.2, -0.15) is 0 Å². The summed E-state index contributed by atoms with van der Waals surface area (Å²) >= 11 is 0. The quantitative estimate of drug-likeness (QED) is 0.532. The lowest BCUT2D eigenvalue weighted by molar-refractivity contribution is -0.131. The predicted molar refractivity (Wildman–Crippen MR) is 100.0 cm³/mol. The van der Waals surface area contributed by atoms with Gasteiger partial charge >= 0.3 is 11.9 Å². The standard InChI is InChI=1S/C20H18N2O5/c1-3-26-20(25)16-11-13-7-6-9-15(18(13)21-16)22-19(24)14-8-4-5-10-17(14)27-12(2)23/h4-11,21H,3H2,1-2H3,(H,22,24). The van der Waals surface area contributed by atoms with Gasteiger partial charge in [-0.25, -0.2) is 4.79 Å². The van der Waals surface area contributed by atoms with Crippen LogP contribution in [0.15, 0.2) is 48.5 Å². The number of ether oxygens (including phenoxy) is 2. The largest absolute Gasteiger partial charge is 0.461 e. The summed E-state index contributed by atoms with van der Waals surface area (Å²) in [6.07, 6.45) is 0. The van der Waals surface area contributed by atoms with E-state index >= 15 is 0 Å². The number of aromatic nitrogens is 1. The van der Waals surface area contributed by atoms with Gasteiger partial charge in [-0.05, 0) is 31.2 Å². The number of carbonyl (C=O) groups is 3. The number of para-hydroxylation sites is 2. The summed E-state index contributed by atoms with van der Waals surface area (Å²) in [6, 6.07) is 13.4. The zero-order valence-electron chi connectivity index (χ0n) is 14.9. The van der Waals surface area contributed by atoms with Gasteiger partial charge in [0, 0.05) is 12.3 Å². The van der Waals surface area contributed by atoms with Crippen LogP contribution in [-0.2, 0) is 9.53 Å². The van der Waals surface area contributed by atoms with E-state index in [1.165, 1.54) is 6.92 Å². The van der Waals surface area contributed by atoms with E-state index in [0.29, 0.717) is 16.9 Å². The van der Waals surface area contributed by atoms with Gasteiger partial charge in [0.1, 0.15) is 11.4 Å². The van der Waals surface area contributed by atoms with E-state index in [2.05, 4.69) is 10.3 Å². The number of anilines is 1. The highest BCUT2D eigenvalue weighted by Crippen LogP contribution is 2.26. The Kier molecular flexibility index (Phi) is 5.21. The van der Waals surface area contributed by atoms with Crippen molar-refractivity contribution in [2.24, 2.45) is 0 Å². The molecular formula is C20H18N2O5. The van der Waals surface area contributed by atoms with Crippen molar-refractivity contribution in [2.75, 3.05) is 11.9 Å². The van der Waals surface area contributed by atoms with Crippen LogP contribution in [0.5, 0.6) is 5.75 Å². The molecule has 0 spiro atoms. The Balaban J connectivity index is 1.92. The molecule has 0 unspecified atom stereocenters. The van der Waals surface area contributed by atoms with Crippen molar-refractivity contribution in [3.63, 3.8) is 0 Å². The lowest BCUT2D eigenvalue weighted by Gasteiger charge is -2.10. The first-order chi connectivity index (χ1) is 13.0. The van der Waals surface area contributed by atoms with Crippen molar-refractivity contribution < 1.29 is 23.9 Å². The fourth-order valence-corrected chi connectivity index (χ4v) is 2.67. The maximum atomic E-state index is 12.7. The summed E-state index contributed by atoms with van der Waals surface area (Å²) in [6.45, 7) is 3.27. The van der Waals surface area contributed by atoms with Gasteiger partial charge in [-0.1, -0.05) is 24.3 Å². The van der Waals surface area contributed by atoms with Crippen LogP contribution in [0, 0.1) is 0 Å². The van der Waals surface area contributed by atoms with E-state index in [1.54, 1.807) is 49.4 Å². The van der Waals surface area contributed by atoms with Gasteiger partial charge in [0.15, 0.2) is 0 Å². The number of nitrogens with one attached hydrogen (secondary N) is 2. The molecule has 7 heteroatoms. The molecule has 0 bridgehead atoms. The number of fused-ring (bicyclic) bond motifs is 1. The number of aromatic amines is 1. The van der Waals surface area contributed by atoms with E-state index in [4.69, 9.17) is 9.47 Å². The van der Waals surface area contributed by atoms with Crippen molar-refractivity contribution >= 4 is 34.4 Å². The molecule has 27 heavy (non-hydrogen) atoms. The van der Waals surface area contributed by atoms with Crippen molar-refractivity contribution in [1.29, 1.82) is 0 Å². The summed E-state index contributed by atoms with van der Waals surface area (Å²) in [5, 5.41) is 3.54. The minimum Gasteiger partial charge on any atom is -0.461 e. The first-order valence-corrected chi connectivity index (χ1v) is 8.37. The molecule has 0 saturated carbocycles. The molecular weight excluding hydrogens is 348 g/mol. The van der Waals surface area contributed by atoms with Gasteiger partial charge in [0.2, 0.25) is 0 Å². The molecule has 3 rings (SSSR count). The Hall–Kier alpha value is -3.61. The number of hydrogen-bond donors (Lipinski definition) is 2. The smallest absolute Gasteiger partial charge is 0.354 e. The minimum atomic E-state index is -0.513. The Morgan fingerprint density at radius 3 is 2.59 bits per heavy atom. The minimum absolute atomic E-state index is 0.174. The second kappa shape index (κ2) is 7.74. The van der Waals surface area contributed by atoms with Crippen LogP contribution in [0.4, 0.5) is 5.69 Å². The Labute approximate surface area is 155 Å². The molecule has 1 heterocycles. The molecule has 2 aromatic carbocycles. The Bertz CT molecular complexity index is 1020. The number of carbonyl (C=O) groups excluding carboxylic acids is 3. The molecule has 0 aliphatic rings. The fraction of sp³-hybridized carbons (Fsp3) is 0.150. The number of H-pyrrole nitrogens is 1. The molecule has 138 valence electrons. The summed E-state index contributed by atoms with van der Waals surface area (Å²) in [7, 11) is 0. The number of esters is 2. The van der Waals surface area contributed by atoms with Gasteiger partial charge in [0.05, 0.1) is 23.4 Å². The van der Waals surface area contributed by atoms with E-state index in [0.717, 1.165) is 5.39 Å². The Morgan fingerprint density at radius 2 is 1.85 bits per heavy atom. The molecule has 0 fully saturated rings. The first-order valence-electron chi connectivity index (χ1n) is 8.37. The van der Waals surface area contributed by atoms with Crippen molar-refractivity contribution in [1.82, 2.24) is 4.98 Å². The van der Waals surface area contributed by atoms with Gasteiger partial charge < -0.3 is 19.8 Å². The van der Waals surface area contributed by atoms with Crippen LogP contribution in [0.1, 0.15) is 34.7 Å². The molecule has 0 radical (unpaired) electrons. The summed E-state index contributed by atoms with van der Waals surface area (Å²) in [4.78, 5) is 38.8. The normalized spacial score (nSPS) is 10.4. The molecule has 0 aliphatic heterocycles. The monoisotopic (exact) mass is 366 g/mol. The molecule has 3 aromatic rings. The second-order valence-electron chi connectivity index (χ2n) is 5.72. The number of rotatable bonds is 5. The number of amides is 1. The van der Waals surface area contributed by atoms with Crippen LogP contribution in [0.25, 0.3) is 10.9 Å². The van der Waals surface area contributed by atoms with Crippen LogP contribution in [0.3, 0.4) is 0 Å². The van der Waals surface area contributed by atoms with Crippen LogP contribution in [-0.4, -0.2) is 29.4 Å². The predicted octanol–water partition coefficient (Wildman–Crippen LogP) is 3.52. The third-order valence-electron chi connectivity index (χ3n) is 3.79. The zero-order chi connectivity index (χ0) is 19.4. The summed E-state index contributed by atoms with van der Waals surface area (Å²) in [5.74, 6) is -1.24. The third kappa shape index (κ3) is 3.98. The van der Waals surface area contributed by atoms with Crippen LogP contribution >= 0.6 is 0 Å². The zero-order valence-corrected chi connectivity index (χ0v) is 14.9. The summed E-state index contributed by atoms with van der Waals surface area (Å²) < 4.78 is 10.1. The van der Waals surface area contributed by atoms with Gasteiger partial charge in [-0.3, -0.25) is 9.59 Å². The lowest BCUT2D eigenvalue weighted by Crippen LogP contribution is -2.15. The molecule has 0 aliphatic carbocycles. The Morgan fingerprint density at radius 1 is 1.07 bits per heavy atom. The van der Waals surface area contributed by atoms with Gasteiger partial charge in [0.25, 0.3) is 5.91 Å². The van der Waals surface area contributed by atoms with Crippen molar-refractivity contribution in [3.8, 4) is 5.75 Å². The maximum Gasteiger partial charge on any atom is 0.354 e.